The number of ether oxygens (including phenoxy) is 1. The van der Waals surface area contributed by atoms with Gasteiger partial charge < -0.3 is 4.74 Å². The van der Waals surface area contributed by atoms with Gasteiger partial charge in [0.05, 0.1) is 5.69 Å². The molecule has 1 heterocycles. The number of aryl methyl sites for hydroxylation is 1. The molecule has 0 saturated carbocycles. The molecule has 3 aromatic rings. The number of nitrogens with one attached hydrogen (secondary N) is 1. The van der Waals surface area contributed by atoms with E-state index < -0.39 is 23.8 Å². The predicted octanol–water partition coefficient (Wildman–Crippen LogP) is 5.10. The number of rotatable bonds is 7. The lowest BCUT2D eigenvalue weighted by Gasteiger charge is -2.10. The number of aromatic nitrogens is 1. The maximum Gasteiger partial charge on any atom is 0.331 e. The molecule has 2 aromatic carbocycles. The number of carbonyl (C=O) groups excluding carboxylic acids is 2. The summed E-state index contributed by atoms with van der Waals surface area (Å²) in [4.78, 5) is 28.6. The van der Waals surface area contributed by atoms with E-state index in [2.05, 4.69) is 17.2 Å². The van der Waals surface area contributed by atoms with E-state index in [1.165, 1.54) is 48.1 Å². The average molecular weight is 424 g/mol. The van der Waals surface area contributed by atoms with E-state index in [0.717, 1.165) is 23.8 Å². The van der Waals surface area contributed by atoms with Crippen molar-refractivity contribution in [2.24, 2.45) is 0 Å². The van der Waals surface area contributed by atoms with Crippen LogP contribution in [0.2, 0.25) is 0 Å². The van der Waals surface area contributed by atoms with Crippen molar-refractivity contribution in [2.45, 2.75) is 26.4 Å². The van der Waals surface area contributed by atoms with Gasteiger partial charge in [0.25, 0.3) is 5.91 Å². The molecule has 1 unspecified atom stereocenters. The van der Waals surface area contributed by atoms with Crippen molar-refractivity contribution in [3.63, 3.8) is 0 Å². The monoisotopic (exact) mass is 424 g/mol. The van der Waals surface area contributed by atoms with Crippen LogP contribution < -0.4 is 5.32 Å². The van der Waals surface area contributed by atoms with Crippen molar-refractivity contribution in [3.05, 3.63) is 76.9 Å². The van der Waals surface area contributed by atoms with Gasteiger partial charge in [0.1, 0.15) is 5.82 Å². The third-order valence-corrected chi connectivity index (χ3v) is 5.07. The molecule has 154 valence electrons. The number of hydrogen-bond acceptors (Lipinski definition) is 5. The van der Waals surface area contributed by atoms with Gasteiger partial charge in [0.2, 0.25) is 0 Å². The summed E-state index contributed by atoms with van der Waals surface area (Å²) in [5, 5.41) is 4.94. The second-order valence-corrected chi connectivity index (χ2v) is 7.40. The molecule has 0 bridgehead atoms. The van der Waals surface area contributed by atoms with Crippen LogP contribution in [0.25, 0.3) is 17.3 Å². The number of amides is 1. The number of halogens is 1. The Bertz CT molecular complexity index is 1060. The van der Waals surface area contributed by atoms with Crippen LogP contribution in [0.15, 0.2) is 60.0 Å². The first kappa shape index (κ1) is 21.4. The molecule has 0 aliphatic carbocycles. The highest BCUT2D eigenvalue weighted by molar-refractivity contribution is 7.14. The van der Waals surface area contributed by atoms with Gasteiger partial charge in [-0.25, -0.2) is 14.2 Å². The molecular weight excluding hydrogens is 403 g/mol. The van der Waals surface area contributed by atoms with Gasteiger partial charge in [0.15, 0.2) is 11.2 Å². The summed E-state index contributed by atoms with van der Waals surface area (Å²) >= 11 is 1.29. The van der Waals surface area contributed by atoms with Crippen molar-refractivity contribution < 1.29 is 18.7 Å². The zero-order chi connectivity index (χ0) is 21.5. The molecule has 0 aliphatic rings. The molecule has 0 aliphatic heterocycles. The van der Waals surface area contributed by atoms with E-state index >= 15 is 0 Å². The highest BCUT2D eigenvalue weighted by atomic mass is 32.1. The Morgan fingerprint density at radius 2 is 2.00 bits per heavy atom. The van der Waals surface area contributed by atoms with Crippen molar-refractivity contribution in [2.75, 3.05) is 5.32 Å². The van der Waals surface area contributed by atoms with Crippen LogP contribution in [-0.4, -0.2) is 23.0 Å². The van der Waals surface area contributed by atoms with E-state index in [0.29, 0.717) is 10.7 Å². The van der Waals surface area contributed by atoms with Crippen molar-refractivity contribution in [1.29, 1.82) is 0 Å². The first-order chi connectivity index (χ1) is 14.4. The second kappa shape index (κ2) is 9.93. The molecule has 30 heavy (non-hydrogen) atoms. The minimum atomic E-state index is -1.01. The van der Waals surface area contributed by atoms with Crippen molar-refractivity contribution in [1.82, 2.24) is 4.98 Å². The highest BCUT2D eigenvalue weighted by Gasteiger charge is 2.18. The Morgan fingerprint density at radius 1 is 1.23 bits per heavy atom. The van der Waals surface area contributed by atoms with Gasteiger partial charge in [-0.1, -0.05) is 43.3 Å². The normalized spacial score (nSPS) is 12.0. The third kappa shape index (κ3) is 5.84. The summed E-state index contributed by atoms with van der Waals surface area (Å²) in [6.07, 6.45) is 2.53. The minimum Gasteiger partial charge on any atom is -0.449 e. The Morgan fingerprint density at radius 3 is 2.70 bits per heavy atom. The molecule has 7 heteroatoms. The van der Waals surface area contributed by atoms with Crippen molar-refractivity contribution >= 4 is 34.4 Å². The zero-order valence-corrected chi connectivity index (χ0v) is 17.4. The Hall–Kier alpha value is -3.32. The van der Waals surface area contributed by atoms with E-state index in [1.54, 1.807) is 6.07 Å². The summed E-state index contributed by atoms with van der Waals surface area (Å²) in [5.74, 6) is -1.58. The molecule has 1 amide bonds. The summed E-state index contributed by atoms with van der Waals surface area (Å²) in [5.41, 5.74) is 3.49. The lowest BCUT2D eigenvalue weighted by Crippen LogP contribution is -2.29. The smallest absolute Gasteiger partial charge is 0.331 e. The molecule has 3 rings (SSSR count). The van der Waals surface area contributed by atoms with Crippen molar-refractivity contribution in [3.8, 4) is 11.3 Å². The molecular formula is C23H21FN2O3S. The summed E-state index contributed by atoms with van der Waals surface area (Å²) in [6, 6.07) is 13.9. The number of hydrogen-bond donors (Lipinski definition) is 1. The maximum atomic E-state index is 13.2. The van der Waals surface area contributed by atoms with Gasteiger partial charge in [-0.15, -0.1) is 11.3 Å². The Balaban J connectivity index is 1.55. The standard InChI is InChI=1S/C23H21FN2O3S/c1-3-16-7-10-18(11-8-16)20-14-30-23(25-20)26-22(28)15(2)29-21(27)12-9-17-5-4-6-19(24)13-17/h4-15H,3H2,1-2H3,(H,25,26,28)/b12-9+. The maximum absolute atomic E-state index is 13.2. The molecule has 0 radical (unpaired) electrons. The molecule has 0 saturated heterocycles. The fraction of sp³-hybridized carbons (Fsp3) is 0.174. The molecule has 1 aromatic heterocycles. The average Bonchev–Trinajstić information content (AvgIpc) is 3.21. The van der Waals surface area contributed by atoms with Gasteiger partial charge in [-0.2, -0.15) is 0 Å². The minimum absolute atomic E-state index is 0.401. The van der Waals surface area contributed by atoms with Gasteiger partial charge in [0, 0.05) is 17.0 Å². The van der Waals surface area contributed by atoms with Crippen LogP contribution >= 0.6 is 11.3 Å². The Labute approximate surface area is 178 Å². The van der Waals surface area contributed by atoms with Crippen LogP contribution in [0.3, 0.4) is 0 Å². The number of carbonyl (C=O) groups is 2. The molecule has 0 fully saturated rings. The number of esters is 1. The SMILES string of the molecule is CCc1ccc(-c2csc(NC(=O)C(C)OC(=O)/C=C/c3cccc(F)c3)n2)cc1. The molecule has 0 spiro atoms. The number of benzene rings is 2. The predicted molar refractivity (Wildman–Crippen MR) is 117 cm³/mol. The second-order valence-electron chi connectivity index (χ2n) is 6.55. The van der Waals surface area contributed by atoms with E-state index in [4.69, 9.17) is 4.74 Å². The summed E-state index contributed by atoms with van der Waals surface area (Å²) in [7, 11) is 0. The third-order valence-electron chi connectivity index (χ3n) is 4.31. The first-order valence-electron chi connectivity index (χ1n) is 9.44. The quantitative estimate of drug-likeness (QED) is 0.423. The van der Waals surface area contributed by atoms with Crippen LogP contribution in [0.5, 0.6) is 0 Å². The summed E-state index contributed by atoms with van der Waals surface area (Å²) in [6.45, 7) is 3.57. The van der Waals surface area contributed by atoms with E-state index in [-0.39, 0.29) is 0 Å². The molecule has 5 nitrogen and oxygen atoms in total. The topological polar surface area (TPSA) is 68.3 Å². The molecule has 1 N–H and O–H groups in total. The number of anilines is 1. The Kier molecular flexibility index (Phi) is 7.08. The van der Waals surface area contributed by atoms with Crippen LogP contribution in [0, 0.1) is 5.82 Å². The van der Waals surface area contributed by atoms with E-state index in [9.17, 15) is 14.0 Å². The van der Waals surface area contributed by atoms with Crippen LogP contribution in [0.1, 0.15) is 25.0 Å². The van der Waals surface area contributed by atoms with Crippen LogP contribution in [-0.2, 0) is 20.7 Å². The highest BCUT2D eigenvalue weighted by Crippen LogP contribution is 2.25. The molecule has 1 atom stereocenters. The fourth-order valence-electron chi connectivity index (χ4n) is 2.62. The fourth-order valence-corrected chi connectivity index (χ4v) is 3.35. The van der Waals surface area contributed by atoms with E-state index in [1.807, 2.05) is 29.6 Å². The van der Waals surface area contributed by atoms with Crippen LogP contribution in [0.4, 0.5) is 9.52 Å². The largest absolute Gasteiger partial charge is 0.449 e. The van der Waals surface area contributed by atoms with Gasteiger partial charge in [-0.3, -0.25) is 10.1 Å². The van der Waals surface area contributed by atoms with Gasteiger partial charge in [-0.05, 0) is 42.7 Å². The lowest BCUT2D eigenvalue weighted by molar-refractivity contribution is -0.148. The number of thiazole rings is 1. The van der Waals surface area contributed by atoms with Gasteiger partial charge >= 0.3 is 5.97 Å². The zero-order valence-electron chi connectivity index (χ0n) is 16.6. The number of nitrogens with zero attached hydrogens (tertiary/aromatic N) is 1. The first-order valence-corrected chi connectivity index (χ1v) is 10.3. The lowest BCUT2D eigenvalue weighted by atomic mass is 10.1. The summed E-state index contributed by atoms with van der Waals surface area (Å²) < 4.78 is 18.2.